The van der Waals surface area contributed by atoms with Gasteiger partial charge in [0, 0.05) is 19.3 Å². The van der Waals surface area contributed by atoms with E-state index in [1.807, 2.05) is 0 Å². The average molecular weight is 809 g/mol. The number of esters is 3. The molecule has 0 aliphatic rings. The highest BCUT2D eigenvalue weighted by molar-refractivity contribution is 5.71. The van der Waals surface area contributed by atoms with Crippen molar-refractivity contribution in [2.24, 2.45) is 0 Å². The van der Waals surface area contributed by atoms with Crippen LogP contribution >= 0.6 is 0 Å². The van der Waals surface area contributed by atoms with Gasteiger partial charge in [0.1, 0.15) is 13.2 Å². The van der Waals surface area contributed by atoms with Crippen LogP contribution in [0, 0.1) is 0 Å². The van der Waals surface area contributed by atoms with Gasteiger partial charge in [-0.3, -0.25) is 14.4 Å². The summed E-state index contributed by atoms with van der Waals surface area (Å²) in [4.78, 5) is 37.5. The quantitative estimate of drug-likeness (QED) is 0.0264. The third-order valence-electron chi connectivity index (χ3n) is 9.98. The fourth-order valence-corrected chi connectivity index (χ4v) is 6.38. The molecule has 0 N–H and O–H groups in total. The summed E-state index contributed by atoms with van der Waals surface area (Å²) in [6.07, 6.45) is 57.7. The monoisotopic (exact) mass is 809 g/mol. The molecule has 0 aromatic rings. The largest absolute Gasteiger partial charge is 0.462 e. The third kappa shape index (κ3) is 44.0. The Kier molecular flexibility index (Phi) is 44.0. The molecule has 0 aliphatic heterocycles. The summed E-state index contributed by atoms with van der Waals surface area (Å²) >= 11 is 0. The van der Waals surface area contributed by atoms with Gasteiger partial charge in [-0.1, -0.05) is 203 Å². The van der Waals surface area contributed by atoms with Crippen LogP contribution in [-0.2, 0) is 28.6 Å². The molecule has 0 fully saturated rings. The predicted octanol–water partition coefficient (Wildman–Crippen LogP) is 15.5. The summed E-state index contributed by atoms with van der Waals surface area (Å²) in [5.41, 5.74) is 0. The predicted molar refractivity (Wildman–Crippen MR) is 247 cm³/mol. The van der Waals surface area contributed by atoms with E-state index in [1.165, 1.54) is 77.0 Å². The minimum atomic E-state index is -0.773. The molecule has 0 rings (SSSR count). The number of rotatable bonds is 42. The van der Waals surface area contributed by atoms with Gasteiger partial charge in [-0.05, 0) is 70.6 Å². The highest BCUT2D eigenvalue weighted by Gasteiger charge is 2.19. The molecule has 1 atom stereocenters. The number of hydrogen-bond donors (Lipinski definition) is 0. The molecule has 0 saturated heterocycles. The molecule has 332 valence electrons. The van der Waals surface area contributed by atoms with Crippen molar-refractivity contribution < 1.29 is 28.6 Å². The fraction of sp³-hybridized carbons (Fsp3) is 0.712. The molecule has 0 saturated carbocycles. The standard InChI is InChI=1S/C52H88O6/c1-4-7-10-13-16-18-19-20-21-22-23-24-25-26-27-28-29-30-31-32-33-34-37-39-42-45-51(54)57-48-49(47-56-50(53)44-41-38-35-15-12-9-6-3)58-52(55)46-43-40-36-17-14-11-8-5-2/h7,10,16,18,20-21,23-24,26-27,29-30,49H,4-6,8-9,11-15,17,19,22,25,28,31-48H2,1-3H3/b10-7-,18-16-,21-20-,24-23-,27-26-,30-29-. The highest BCUT2D eigenvalue weighted by atomic mass is 16.6. The number of carbonyl (C=O) groups excluding carboxylic acids is 3. The van der Waals surface area contributed by atoms with E-state index in [-0.39, 0.29) is 31.1 Å². The van der Waals surface area contributed by atoms with Crippen molar-refractivity contribution in [1.82, 2.24) is 0 Å². The Morgan fingerprint density at radius 3 is 1.05 bits per heavy atom. The summed E-state index contributed by atoms with van der Waals surface area (Å²) in [5, 5.41) is 0. The molecule has 0 spiro atoms. The number of allylic oxidation sites excluding steroid dienone is 12. The lowest BCUT2D eigenvalue weighted by Crippen LogP contribution is -2.30. The Morgan fingerprint density at radius 2 is 0.672 bits per heavy atom. The molecule has 0 radical (unpaired) electrons. The second kappa shape index (κ2) is 46.5. The molecule has 58 heavy (non-hydrogen) atoms. The maximum atomic E-state index is 12.6. The van der Waals surface area contributed by atoms with Crippen LogP contribution in [0.25, 0.3) is 0 Å². The van der Waals surface area contributed by atoms with Crippen LogP contribution < -0.4 is 0 Å². The minimum Gasteiger partial charge on any atom is -0.462 e. The van der Waals surface area contributed by atoms with Gasteiger partial charge in [0.15, 0.2) is 6.10 Å². The normalized spacial score (nSPS) is 12.7. The van der Waals surface area contributed by atoms with Crippen molar-refractivity contribution in [2.75, 3.05) is 13.2 Å². The van der Waals surface area contributed by atoms with Crippen LogP contribution in [0.3, 0.4) is 0 Å². The lowest BCUT2D eigenvalue weighted by molar-refractivity contribution is -0.167. The molecule has 0 aromatic heterocycles. The SMILES string of the molecule is CC/C=C\C/C=C\C/C=C\C/C=C\C/C=C\C/C=C\CCCCCCCCC(=O)OCC(COC(=O)CCCCCCCCC)OC(=O)CCCCCCCCCC. The van der Waals surface area contributed by atoms with Crippen molar-refractivity contribution in [2.45, 2.75) is 226 Å². The van der Waals surface area contributed by atoms with E-state index in [1.54, 1.807) is 0 Å². The Hall–Kier alpha value is -3.15. The Balaban J connectivity index is 4.16. The van der Waals surface area contributed by atoms with E-state index in [2.05, 4.69) is 93.7 Å². The van der Waals surface area contributed by atoms with E-state index in [0.717, 1.165) is 103 Å². The van der Waals surface area contributed by atoms with Gasteiger partial charge >= 0.3 is 17.9 Å². The average Bonchev–Trinajstić information content (AvgIpc) is 3.22. The van der Waals surface area contributed by atoms with Gasteiger partial charge in [-0.2, -0.15) is 0 Å². The molecule has 0 bridgehead atoms. The minimum absolute atomic E-state index is 0.0790. The van der Waals surface area contributed by atoms with Gasteiger partial charge in [0.05, 0.1) is 0 Å². The van der Waals surface area contributed by atoms with Gasteiger partial charge < -0.3 is 14.2 Å². The lowest BCUT2D eigenvalue weighted by atomic mass is 10.1. The van der Waals surface area contributed by atoms with Crippen molar-refractivity contribution >= 4 is 17.9 Å². The topological polar surface area (TPSA) is 78.9 Å². The van der Waals surface area contributed by atoms with Crippen LogP contribution in [0.1, 0.15) is 220 Å². The summed E-state index contributed by atoms with van der Waals surface area (Å²) in [6.45, 7) is 6.42. The molecule has 6 heteroatoms. The number of unbranched alkanes of at least 4 members (excludes halogenated alkanes) is 19. The van der Waals surface area contributed by atoms with Crippen LogP contribution in [0.2, 0.25) is 0 Å². The lowest BCUT2D eigenvalue weighted by Gasteiger charge is -2.18. The Morgan fingerprint density at radius 1 is 0.362 bits per heavy atom. The first-order valence-corrected chi connectivity index (χ1v) is 23.9. The van der Waals surface area contributed by atoms with Gasteiger partial charge in [0.25, 0.3) is 0 Å². The zero-order valence-corrected chi connectivity index (χ0v) is 37.8. The molecule has 1 unspecified atom stereocenters. The van der Waals surface area contributed by atoms with E-state index in [0.29, 0.717) is 19.3 Å². The van der Waals surface area contributed by atoms with Crippen LogP contribution in [0.4, 0.5) is 0 Å². The summed E-state index contributed by atoms with van der Waals surface area (Å²) in [6, 6.07) is 0. The van der Waals surface area contributed by atoms with Crippen LogP contribution in [-0.4, -0.2) is 37.2 Å². The molecule has 0 heterocycles. The molecular weight excluding hydrogens is 721 g/mol. The van der Waals surface area contributed by atoms with E-state index in [4.69, 9.17) is 14.2 Å². The molecule has 6 nitrogen and oxygen atoms in total. The highest BCUT2D eigenvalue weighted by Crippen LogP contribution is 2.13. The maximum absolute atomic E-state index is 12.6. The maximum Gasteiger partial charge on any atom is 0.306 e. The van der Waals surface area contributed by atoms with Crippen molar-refractivity contribution in [3.63, 3.8) is 0 Å². The first-order chi connectivity index (χ1) is 28.5. The van der Waals surface area contributed by atoms with Gasteiger partial charge in [-0.25, -0.2) is 0 Å². The number of hydrogen-bond acceptors (Lipinski definition) is 6. The zero-order valence-electron chi connectivity index (χ0n) is 37.8. The summed E-state index contributed by atoms with van der Waals surface area (Å²) in [7, 11) is 0. The smallest absolute Gasteiger partial charge is 0.306 e. The van der Waals surface area contributed by atoms with E-state index >= 15 is 0 Å². The van der Waals surface area contributed by atoms with Crippen molar-refractivity contribution in [3.8, 4) is 0 Å². The zero-order chi connectivity index (χ0) is 42.3. The number of ether oxygens (including phenoxy) is 3. The van der Waals surface area contributed by atoms with Crippen LogP contribution in [0.5, 0.6) is 0 Å². The van der Waals surface area contributed by atoms with Crippen molar-refractivity contribution in [3.05, 3.63) is 72.9 Å². The second-order valence-corrected chi connectivity index (χ2v) is 15.6. The first-order valence-electron chi connectivity index (χ1n) is 23.9. The molecule has 0 amide bonds. The van der Waals surface area contributed by atoms with Gasteiger partial charge in [0.2, 0.25) is 0 Å². The summed E-state index contributed by atoms with van der Waals surface area (Å²) in [5.74, 6) is -0.909. The summed E-state index contributed by atoms with van der Waals surface area (Å²) < 4.78 is 16.6. The molecule has 0 aromatic carbocycles. The van der Waals surface area contributed by atoms with Gasteiger partial charge in [-0.15, -0.1) is 0 Å². The van der Waals surface area contributed by atoms with Crippen LogP contribution in [0.15, 0.2) is 72.9 Å². The number of carbonyl (C=O) groups is 3. The van der Waals surface area contributed by atoms with E-state index < -0.39 is 6.10 Å². The first kappa shape index (κ1) is 54.9. The van der Waals surface area contributed by atoms with E-state index in [9.17, 15) is 14.4 Å². The Labute approximate surface area is 357 Å². The van der Waals surface area contributed by atoms with Crippen molar-refractivity contribution in [1.29, 1.82) is 0 Å². The fourth-order valence-electron chi connectivity index (χ4n) is 6.38. The third-order valence-corrected chi connectivity index (χ3v) is 9.98. The molecular formula is C52H88O6. The molecule has 0 aliphatic carbocycles. The second-order valence-electron chi connectivity index (χ2n) is 15.6. The Bertz CT molecular complexity index is 1110.